The summed E-state index contributed by atoms with van der Waals surface area (Å²) in [4.78, 5) is 20.0. The molecule has 1 aromatic heterocycles. The first-order chi connectivity index (χ1) is 14.8. The zero-order valence-electron chi connectivity index (χ0n) is 17.6. The van der Waals surface area contributed by atoms with E-state index in [9.17, 15) is 4.79 Å². The minimum absolute atomic E-state index is 0.0988. The Balaban J connectivity index is 1.62. The van der Waals surface area contributed by atoms with Crippen molar-refractivity contribution in [3.63, 3.8) is 0 Å². The fraction of sp³-hybridized carbons (Fsp3) is 0.360. The standard InChI is InChI=1S/C25H29N3O2/c1-2-12-26-13-16-30-20-9-7-8-19(17-20)24-18-22(25(29)28-14-5-6-15-28)21-10-3-4-11-23(21)27-24/h3-4,7-11,17-18,26H,2,5-6,12-16H2,1H3. The summed E-state index contributed by atoms with van der Waals surface area (Å²) < 4.78 is 5.90. The first kappa shape index (κ1) is 20.4. The molecule has 4 rings (SSSR count). The van der Waals surface area contributed by atoms with Gasteiger partial charge < -0.3 is 15.0 Å². The predicted molar refractivity (Wildman–Crippen MR) is 121 cm³/mol. The molecule has 0 aliphatic carbocycles. The third-order valence-corrected chi connectivity index (χ3v) is 5.44. The molecule has 1 aliphatic heterocycles. The lowest BCUT2D eigenvalue weighted by Gasteiger charge is -2.17. The number of likely N-dealkylation sites (tertiary alicyclic amines) is 1. The highest BCUT2D eigenvalue weighted by Gasteiger charge is 2.22. The Morgan fingerprint density at radius 2 is 1.90 bits per heavy atom. The van der Waals surface area contributed by atoms with Crippen LogP contribution in [0.4, 0.5) is 0 Å². The van der Waals surface area contributed by atoms with Crippen LogP contribution in [0, 0.1) is 0 Å². The van der Waals surface area contributed by atoms with Gasteiger partial charge in [0.15, 0.2) is 0 Å². The maximum atomic E-state index is 13.2. The SMILES string of the molecule is CCCNCCOc1cccc(-c2cc(C(=O)N3CCCC3)c3ccccc3n2)c1. The molecule has 0 unspecified atom stereocenters. The minimum atomic E-state index is 0.0988. The number of fused-ring (bicyclic) bond motifs is 1. The molecule has 1 saturated heterocycles. The Labute approximate surface area is 178 Å². The highest BCUT2D eigenvalue weighted by Crippen LogP contribution is 2.28. The van der Waals surface area contributed by atoms with Crippen LogP contribution in [0.5, 0.6) is 5.75 Å². The zero-order valence-corrected chi connectivity index (χ0v) is 17.6. The average molecular weight is 404 g/mol. The maximum Gasteiger partial charge on any atom is 0.254 e. The summed E-state index contributed by atoms with van der Waals surface area (Å²) in [6, 6.07) is 17.8. The summed E-state index contributed by atoms with van der Waals surface area (Å²) in [5, 5.41) is 4.25. The number of amides is 1. The van der Waals surface area contributed by atoms with E-state index >= 15 is 0 Å². The van der Waals surface area contributed by atoms with E-state index in [1.807, 2.05) is 59.5 Å². The van der Waals surface area contributed by atoms with Crippen LogP contribution >= 0.6 is 0 Å². The topological polar surface area (TPSA) is 54.5 Å². The molecular weight excluding hydrogens is 374 g/mol. The van der Waals surface area contributed by atoms with Gasteiger partial charge in [-0.05, 0) is 50.1 Å². The van der Waals surface area contributed by atoms with Crippen molar-refractivity contribution in [1.29, 1.82) is 0 Å². The molecule has 1 amide bonds. The van der Waals surface area contributed by atoms with E-state index in [1.165, 1.54) is 0 Å². The molecule has 1 N–H and O–H groups in total. The summed E-state index contributed by atoms with van der Waals surface area (Å²) in [6.45, 7) is 6.25. The van der Waals surface area contributed by atoms with Crippen molar-refractivity contribution in [2.75, 3.05) is 32.8 Å². The van der Waals surface area contributed by atoms with Crippen molar-refractivity contribution in [2.45, 2.75) is 26.2 Å². The van der Waals surface area contributed by atoms with Gasteiger partial charge in [-0.3, -0.25) is 4.79 Å². The summed E-state index contributed by atoms with van der Waals surface area (Å²) in [7, 11) is 0. The first-order valence-electron chi connectivity index (χ1n) is 10.9. The number of ether oxygens (including phenoxy) is 1. The Kier molecular flexibility index (Phi) is 6.60. The highest BCUT2D eigenvalue weighted by molar-refractivity contribution is 6.07. The van der Waals surface area contributed by atoms with Crippen LogP contribution in [0.2, 0.25) is 0 Å². The Morgan fingerprint density at radius 3 is 2.73 bits per heavy atom. The second-order valence-corrected chi connectivity index (χ2v) is 7.70. The normalized spacial score (nSPS) is 13.7. The third kappa shape index (κ3) is 4.62. The number of hydrogen-bond acceptors (Lipinski definition) is 4. The number of nitrogens with zero attached hydrogens (tertiary/aromatic N) is 2. The van der Waals surface area contributed by atoms with Gasteiger partial charge in [0.2, 0.25) is 0 Å². The van der Waals surface area contributed by atoms with E-state index < -0.39 is 0 Å². The lowest BCUT2D eigenvalue weighted by atomic mass is 10.0. The van der Waals surface area contributed by atoms with Gasteiger partial charge in [0, 0.05) is 30.6 Å². The van der Waals surface area contributed by atoms with Crippen molar-refractivity contribution in [3.8, 4) is 17.0 Å². The molecule has 156 valence electrons. The molecule has 0 bridgehead atoms. The third-order valence-electron chi connectivity index (χ3n) is 5.44. The molecule has 0 spiro atoms. The number of hydrogen-bond donors (Lipinski definition) is 1. The predicted octanol–water partition coefficient (Wildman–Crippen LogP) is 4.52. The Hall–Kier alpha value is -2.92. The minimum Gasteiger partial charge on any atom is -0.492 e. The van der Waals surface area contributed by atoms with Crippen LogP contribution < -0.4 is 10.1 Å². The highest BCUT2D eigenvalue weighted by atomic mass is 16.5. The molecule has 3 aromatic rings. The molecule has 0 saturated carbocycles. The number of para-hydroxylation sites is 1. The molecule has 0 radical (unpaired) electrons. The Bertz CT molecular complexity index is 1010. The fourth-order valence-corrected chi connectivity index (χ4v) is 3.88. The Morgan fingerprint density at radius 1 is 1.07 bits per heavy atom. The molecule has 30 heavy (non-hydrogen) atoms. The van der Waals surface area contributed by atoms with E-state index in [2.05, 4.69) is 12.2 Å². The van der Waals surface area contributed by atoms with Gasteiger partial charge in [-0.1, -0.05) is 37.3 Å². The van der Waals surface area contributed by atoms with Crippen LogP contribution in [0.3, 0.4) is 0 Å². The summed E-state index contributed by atoms with van der Waals surface area (Å²) >= 11 is 0. The van der Waals surface area contributed by atoms with E-state index in [0.717, 1.165) is 78.9 Å². The molecule has 2 heterocycles. The van der Waals surface area contributed by atoms with Gasteiger partial charge >= 0.3 is 0 Å². The largest absolute Gasteiger partial charge is 0.492 e. The first-order valence-corrected chi connectivity index (χ1v) is 10.9. The van der Waals surface area contributed by atoms with Gasteiger partial charge in [0.25, 0.3) is 5.91 Å². The van der Waals surface area contributed by atoms with Crippen molar-refractivity contribution in [2.24, 2.45) is 0 Å². The maximum absolute atomic E-state index is 13.2. The summed E-state index contributed by atoms with van der Waals surface area (Å²) in [5.41, 5.74) is 3.32. The van der Waals surface area contributed by atoms with Crippen LogP contribution in [-0.2, 0) is 0 Å². The quantitative estimate of drug-likeness (QED) is 0.562. The monoisotopic (exact) mass is 403 g/mol. The lowest BCUT2D eigenvalue weighted by molar-refractivity contribution is 0.0794. The zero-order chi connectivity index (χ0) is 20.8. The van der Waals surface area contributed by atoms with Crippen molar-refractivity contribution in [1.82, 2.24) is 15.2 Å². The number of rotatable bonds is 8. The lowest BCUT2D eigenvalue weighted by Crippen LogP contribution is -2.27. The van der Waals surface area contributed by atoms with Gasteiger partial charge in [0.05, 0.1) is 16.8 Å². The summed E-state index contributed by atoms with van der Waals surface area (Å²) in [5.74, 6) is 0.912. The van der Waals surface area contributed by atoms with Crippen molar-refractivity contribution >= 4 is 16.8 Å². The van der Waals surface area contributed by atoms with Gasteiger partial charge in [-0.2, -0.15) is 0 Å². The summed E-state index contributed by atoms with van der Waals surface area (Å²) in [6.07, 6.45) is 3.27. The van der Waals surface area contributed by atoms with E-state index in [-0.39, 0.29) is 5.91 Å². The van der Waals surface area contributed by atoms with E-state index in [1.54, 1.807) is 0 Å². The smallest absolute Gasteiger partial charge is 0.254 e. The number of carbonyl (C=O) groups is 1. The van der Waals surface area contributed by atoms with Gasteiger partial charge in [0.1, 0.15) is 12.4 Å². The molecule has 5 heteroatoms. The molecule has 1 fully saturated rings. The van der Waals surface area contributed by atoms with Crippen molar-refractivity contribution in [3.05, 3.63) is 60.2 Å². The number of pyridine rings is 1. The number of benzene rings is 2. The van der Waals surface area contributed by atoms with Crippen LogP contribution in [0.15, 0.2) is 54.6 Å². The van der Waals surface area contributed by atoms with Crippen LogP contribution in [0.25, 0.3) is 22.2 Å². The molecule has 0 atom stereocenters. The van der Waals surface area contributed by atoms with Crippen molar-refractivity contribution < 1.29 is 9.53 Å². The molecule has 1 aliphatic rings. The fourth-order valence-electron chi connectivity index (χ4n) is 3.88. The molecule has 5 nitrogen and oxygen atoms in total. The van der Waals surface area contributed by atoms with Crippen LogP contribution in [-0.4, -0.2) is 48.6 Å². The number of carbonyl (C=O) groups excluding carboxylic acids is 1. The van der Waals surface area contributed by atoms with Gasteiger partial charge in [-0.25, -0.2) is 4.98 Å². The number of aromatic nitrogens is 1. The second kappa shape index (κ2) is 9.72. The average Bonchev–Trinajstić information content (AvgIpc) is 3.33. The molecule has 2 aromatic carbocycles. The second-order valence-electron chi connectivity index (χ2n) is 7.70. The molecular formula is C25H29N3O2. The van der Waals surface area contributed by atoms with E-state index in [4.69, 9.17) is 9.72 Å². The van der Waals surface area contributed by atoms with Crippen LogP contribution in [0.1, 0.15) is 36.5 Å². The number of nitrogens with one attached hydrogen (secondary N) is 1. The van der Waals surface area contributed by atoms with E-state index in [0.29, 0.717) is 6.61 Å². The van der Waals surface area contributed by atoms with Gasteiger partial charge in [-0.15, -0.1) is 0 Å².